The van der Waals surface area contributed by atoms with E-state index in [1.807, 2.05) is 0 Å². The molecule has 0 aromatic rings. The summed E-state index contributed by atoms with van der Waals surface area (Å²) in [7, 11) is 0. The van der Waals surface area contributed by atoms with E-state index >= 15 is 0 Å². The van der Waals surface area contributed by atoms with Crippen molar-refractivity contribution in [3.63, 3.8) is 0 Å². The molecule has 0 bridgehead atoms. The summed E-state index contributed by atoms with van der Waals surface area (Å²) in [5, 5.41) is 8.83. The van der Waals surface area contributed by atoms with Crippen molar-refractivity contribution < 1.29 is 14.6 Å². The van der Waals surface area contributed by atoms with E-state index in [1.165, 1.54) is 0 Å². The molecular weight excluding hydrogens is 132 g/mol. The Kier molecular flexibility index (Phi) is 2.27. The third-order valence-corrected chi connectivity index (χ3v) is 1.73. The van der Waals surface area contributed by atoms with Crippen molar-refractivity contribution in [2.75, 3.05) is 6.61 Å². The highest BCUT2D eigenvalue weighted by molar-refractivity contribution is 5.73. The van der Waals surface area contributed by atoms with Gasteiger partial charge in [-0.3, -0.25) is 4.79 Å². The summed E-state index contributed by atoms with van der Waals surface area (Å²) in [4.78, 5) is 10.8. The van der Waals surface area contributed by atoms with Crippen molar-refractivity contribution in [2.24, 2.45) is 5.92 Å². The van der Waals surface area contributed by atoms with E-state index in [1.54, 1.807) is 6.92 Å². The molecule has 0 radical (unpaired) electrons. The van der Waals surface area contributed by atoms with Crippen LogP contribution in [0.2, 0.25) is 0 Å². The predicted octanol–water partition coefficient (Wildman–Crippen LogP) is 0.320. The van der Waals surface area contributed by atoms with Gasteiger partial charge >= 0.3 is 5.97 Å². The molecule has 0 heterocycles. The fraction of sp³-hybridized carbons (Fsp3) is 0.857. The van der Waals surface area contributed by atoms with E-state index in [0.29, 0.717) is 19.4 Å². The standard InChI is InChI=1S/C7H12O3/c1-2-10-7(9)5-3-6(8)4-5/h5-6,8H,2-4H2,1H3/t5-,6+. The first-order valence-corrected chi connectivity index (χ1v) is 3.58. The first-order chi connectivity index (χ1) is 4.74. The van der Waals surface area contributed by atoms with E-state index < -0.39 is 0 Å². The number of carbonyl (C=O) groups excluding carboxylic acids is 1. The zero-order valence-corrected chi connectivity index (χ0v) is 6.04. The van der Waals surface area contributed by atoms with E-state index in [0.717, 1.165) is 0 Å². The van der Waals surface area contributed by atoms with Gasteiger partial charge in [0.15, 0.2) is 0 Å². The normalized spacial score (nSPS) is 31.0. The summed E-state index contributed by atoms with van der Waals surface area (Å²) in [6, 6.07) is 0. The van der Waals surface area contributed by atoms with E-state index in [9.17, 15) is 4.79 Å². The second kappa shape index (κ2) is 3.01. The van der Waals surface area contributed by atoms with Gasteiger partial charge in [0.25, 0.3) is 0 Å². The van der Waals surface area contributed by atoms with Gasteiger partial charge < -0.3 is 9.84 Å². The number of aliphatic hydroxyl groups excluding tert-OH is 1. The van der Waals surface area contributed by atoms with Crippen molar-refractivity contribution in [1.29, 1.82) is 0 Å². The Morgan fingerprint density at radius 1 is 1.70 bits per heavy atom. The molecule has 1 aliphatic rings. The molecule has 3 nitrogen and oxygen atoms in total. The van der Waals surface area contributed by atoms with Crippen LogP contribution in [0.4, 0.5) is 0 Å². The zero-order chi connectivity index (χ0) is 7.56. The number of hydrogen-bond donors (Lipinski definition) is 1. The van der Waals surface area contributed by atoms with Gasteiger partial charge in [0.2, 0.25) is 0 Å². The second-order valence-corrected chi connectivity index (χ2v) is 2.57. The molecule has 3 heteroatoms. The molecule has 0 aromatic heterocycles. The van der Waals surface area contributed by atoms with Crippen molar-refractivity contribution in [3.05, 3.63) is 0 Å². The van der Waals surface area contributed by atoms with E-state index in [-0.39, 0.29) is 18.0 Å². The molecule has 0 saturated heterocycles. The summed E-state index contributed by atoms with van der Waals surface area (Å²) in [6.45, 7) is 2.22. The van der Waals surface area contributed by atoms with Gasteiger partial charge in [-0.15, -0.1) is 0 Å². The number of carbonyl (C=O) groups is 1. The van der Waals surface area contributed by atoms with Crippen LogP contribution >= 0.6 is 0 Å². The highest BCUT2D eigenvalue weighted by Gasteiger charge is 2.33. The lowest BCUT2D eigenvalue weighted by molar-refractivity contribution is -0.155. The summed E-state index contributed by atoms with van der Waals surface area (Å²) in [5.74, 6) is -0.192. The quantitative estimate of drug-likeness (QED) is 0.568. The summed E-state index contributed by atoms with van der Waals surface area (Å²) >= 11 is 0. The fourth-order valence-electron chi connectivity index (χ4n) is 1.04. The third-order valence-electron chi connectivity index (χ3n) is 1.73. The number of hydrogen-bond acceptors (Lipinski definition) is 3. The molecule has 0 spiro atoms. The minimum atomic E-state index is -0.269. The number of ether oxygens (including phenoxy) is 1. The Balaban J connectivity index is 2.18. The molecule has 0 aromatic carbocycles. The number of rotatable bonds is 2. The molecule has 1 N–H and O–H groups in total. The maximum atomic E-state index is 10.8. The highest BCUT2D eigenvalue weighted by Crippen LogP contribution is 2.27. The Bertz CT molecular complexity index is 127. The van der Waals surface area contributed by atoms with Crippen molar-refractivity contribution >= 4 is 5.97 Å². The third kappa shape index (κ3) is 1.48. The minimum Gasteiger partial charge on any atom is -0.466 e. The molecule has 1 aliphatic carbocycles. The zero-order valence-electron chi connectivity index (χ0n) is 6.04. The molecule has 1 fully saturated rings. The van der Waals surface area contributed by atoms with E-state index in [4.69, 9.17) is 9.84 Å². The molecule has 1 rings (SSSR count). The molecule has 1 saturated carbocycles. The smallest absolute Gasteiger partial charge is 0.309 e. The van der Waals surface area contributed by atoms with Gasteiger partial charge in [0.1, 0.15) is 0 Å². The van der Waals surface area contributed by atoms with Crippen LogP contribution in [0.3, 0.4) is 0 Å². The number of esters is 1. The van der Waals surface area contributed by atoms with Crippen LogP contribution in [0, 0.1) is 5.92 Å². The van der Waals surface area contributed by atoms with Gasteiger partial charge in [-0.1, -0.05) is 0 Å². The van der Waals surface area contributed by atoms with Crippen LogP contribution in [-0.4, -0.2) is 23.8 Å². The lowest BCUT2D eigenvalue weighted by atomic mass is 9.83. The van der Waals surface area contributed by atoms with Crippen molar-refractivity contribution in [3.8, 4) is 0 Å². The topological polar surface area (TPSA) is 46.5 Å². The first-order valence-electron chi connectivity index (χ1n) is 3.58. The van der Waals surface area contributed by atoms with Crippen LogP contribution in [-0.2, 0) is 9.53 Å². The maximum absolute atomic E-state index is 10.8. The van der Waals surface area contributed by atoms with Crippen LogP contribution in [0.15, 0.2) is 0 Å². The van der Waals surface area contributed by atoms with Gasteiger partial charge in [-0.05, 0) is 19.8 Å². The van der Waals surface area contributed by atoms with Gasteiger partial charge in [0, 0.05) is 0 Å². The predicted molar refractivity (Wildman–Crippen MR) is 35.4 cm³/mol. The molecule has 0 unspecified atom stereocenters. The van der Waals surface area contributed by atoms with Crippen LogP contribution in [0.5, 0.6) is 0 Å². The summed E-state index contributed by atoms with van der Waals surface area (Å²) < 4.78 is 4.74. The van der Waals surface area contributed by atoms with Crippen LogP contribution < -0.4 is 0 Å². The highest BCUT2D eigenvalue weighted by atomic mass is 16.5. The molecule has 10 heavy (non-hydrogen) atoms. The van der Waals surface area contributed by atoms with Crippen molar-refractivity contribution in [1.82, 2.24) is 0 Å². The Labute approximate surface area is 60.0 Å². The summed E-state index contributed by atoms with van der Waals surface area (Å²) in [5.41, 5.74) is 0. The van der Waals surface area contributed by atoms with Gasteiger partial charge in [-0.25, -0.2) is 0 Å². The van der Waals surface area contributed by atoms with Gasteiger partial charge in [0.05, 0.1) is 18.6 Å². The largest absolute Gasteiger partial charge is 0.466 e. The maximum Gasteiger partial charge on any atom is 0.309 e. The fourth-order valence-corrected chi connectivity index (χ4v) is 1.04. The van der Waals surface area contributed by atoms with Crippen molar-refractivity contribution in [2.45, 2.75) is 25.9 Å². The molecular formula is C7H12O3. The average Bonchev–Trinajstić information content (AvgIpc) is 1.82. The molecule has 0 amide bonds. The Morgan fingerprint density at radius 2 is 2.30 bits per heavy atom. The Hall–Kier alpha value is -0.570. The minimum absolute atomic E-state index is 0.0325. The molecule has 0 aliphatic heterocycles. The lowest BCUT2D eigenvalue weighted by Gasteiger charge is -2.28. The van der Waals surface area contributed by atoms with Gasteiger partial charge in [-0.2, -0.15) is 0 Å². The number of aliphatic hydroxyl groups is 1. The molecule has 0 atom stereocenters. The van der Waals surface area contributed by atoms with Crippen LogP contribution in [0.25, 0.3) is 0 Å². The lowest BCUT2D eigenvalue weighted by Crippen LogP contribution is -2.35. The Morgan fingerprint density at radius 3 is 2.70 bits per heavy atom. The first kappa shape index (κ1) is 7.54. The molecule has 58 valence electrons. The monoisotopic (exact) mass is 144 g/mol. The average molecular weight is 144 g/mol. The SMILES string of the molecule is CCOC(=O)[C@H]1C[C@@H](O)C1. The summed E-state index contributed by atoms with van der Waals surface area (Å²) in [6.07, 6.45) is 0.895. The second-order valence-electron chi connectivity index (χ2n) is 2.57. The van der Waals surface area contributed by atoms with E-state index in [2.05, 4.69) is 0 Å². The van der Waals surface area contributed by atoms with Crippen LogP contribution in [0.1, 0.15) is 19.8 Å².